The Hall–Kier alpha value is -1.28. The monoisotopic (exact) mass is 1060 g/mol. The zero-order chi connectivity index (χ0) is 54.2. The van der Waals surface area contributed by atoms with Crippen molar-refractivity contribution in [3.63, 3.8) is 0 Å². The van der Waals surface area contributed by atoms with E-state index in [1.807, 2.05) is 27.2 Å². The maximum absolute atomic E-state index is 13.0. The van der Waals surface area contributed by atoms with Crippen molar-refractivity contribution in [2.24, 2.45) is 0 Å². The first-order valence-electron chi connectivity index (χ1n) is 32.4. The molecule has 2 N–H and O–H groups in total. The summed E-state index contributed by atoms with van der Waals surface area (Å²) < 4.78 is 23.3. The Labute approximate surface area is 461 Å². The number of nitrogens with zero attached hydrogens (tertiary/aromatic N) is 1. The van der Waals surface area contributed by atoms with Gasteiger partial charge in [-0.05, 0) is 51.4 Å². The largest absolute Gasteiger partial charge is 0.756 e. The van der Waals surface area contributed by atoms with Crippen molar-refractivity contribution >= 4 is 13.7 Å². The number of hydrogen-bond acceptors (Lipinski definition) is 6. The van der Waals surface area contributed by atoms with Crippen LogP contribution in [0.5, 0.6) is 0 Å². The van der Waals surface area contributed by atoms with Gasteiger partial charge in [0, 0.05) is 6.42 Å². The summed E-state index contributed by atoms with van der Waals surface area (Å²) in [4.78, 5) is 25.5. The molecule has 9 heteroatoms. The first-order chi connectivity index (χ1) is 36.0. The Morgan fingerprint density at radius 3 is 1.12 bits per heavy atom. The summed E-state index contributed by atoms with van der Waals surface area (Å²) in [7, 11) is 1.27. The van der Waals surface area contributed by atoms with Gasteiger partial charge in [0.15, 0.2) is 0 Å². The third-order valence-electron chi connectivity index (χ3n) is 14.8. The first-order valence-corrected chi connectivity index (χ1v) is 33.8. The molecule has 0 aliphatic carbocycles. The highest BCUT2D eigenvalue weighted by atomic mass is 31.2. The number of quaternary nitrogens is 1. The van der Waals surface area contributed by atoms with Crippen LogP contribution in [0.15, 0.2) is 36.5 Å². The number of amides is 1. The number of phosphoric ester groups is 1. The fourth-order valence-electron chi connectivity index (χ4n) is 9.78. The summed E-state index contributed by atoms with van der Waals surface area (Å²) in [6, 6.07) is -0.885. The molecule has 3 unspecified atom stereocenters. The van der Waals surface area contributed by atoms with Crippen LogP contribution < -0.4 is 10.2 Å². The maximum atomic E-state index is 13.0. The Bertz CT molecular complexity index is 1300. The summed E-state index contributed by atoms with van der Waals surface area (Å²) in [6.07, 6.45) is 74.1. The number of likely N-dealkylation sites (N-methyl/N-ethyl adjacent to an activating group) is 1. The summed E-state index contributed by atoms with van der Waals surface area (Å²) >= 11 is 0. The van der Waals surface area contributed by atoms with Crippen LogP contribution in [-0.2, 0) is 18.4 Å². The smallest absolute Gasteiger partial charge is 0.268 e. The van der Waals surface area contributed by atoms with E-state index < -0.39 is 20.0 Å². The van der Waals surface area contributed by atoms with Gasteiger partial charge in [0.1, 0.15) is 13.2 Å². The molecule has 0 bridgehead atoms. The van der Waals surface area contributed by atoms with E-state index in [4.69, 9.17) is 9.05 Å². The minimum Gasteiger partial charge on any atom is -0.756 e. The third-order valence-corrected chi connectivity index (χ3v) is 15.8. The van der Waals surface area contributed by atoms with E-state index >= 15 is 0 Å². The molecule has 1 amide bonds. The first kappa shape index (κ1) is 72.7. The number of nitrogens with one attached hydrogen (secondary N) is 1. The van der Waals surface area contributed by atoms with Crippen molar-refractivity contribution in [2.45, 2.75) is 334 Å². The van der Waals surface area contributed by atoms with Crippen molar-refractivity contribution in [3.8, 4) is 0 Å². The van der Waals surface area contributed by atoms with Gasteiger partial charge >= 0.3 is 0 Å². The summed E-state index contributed by atoms with van der Waals surface area (Å²) in [5, 5.41) is 13.9. The second-order valence-corrected chi connectivity index (χ2v) is 24.9. The van der Waals surface area contributed by atoms with Gasteiger partial charge in [-0.2, -0.15) is 0 Å². The zero-order valence-electron chi connectivity index (χ0n) is 50.1. The average Bonchev–Trinajstić information content (AvgIpc) is 3.36. The molecule has 0 rings (SSSR count). The van der Waals surface area contributed by atoms with Crippen LogP contribution in [0, 0.1) is 0 Å². The standard InChI is InChI=1S/C65H127N2O6P/c1-6-8-10-12-14-16-18-20-21-22-23-24-25-26-27-28-29-30-31-32-33-34-35-36-37-38-39-40-41-42-43-44-45-47-49-51-53-55-57-59-65(69)66-63(62-73-74(70,71)72-61-60-67(3,4)5)64(68)58-56-54-52-50-48-46-19-17-15-13-11-9-7-2/h29-30,32-33,56,58,63-64,68H,6-28,31,34-55,57,59-62H2,1-5H3,(H-,66,69,70,71)/b30-29-,33-32-,58-56+. The minimum absolute atomic E-state index is 0.000248. The number of phosphoric acid groups is 1. The molecular formula is C65H127N2O6P. The topological polar surface area (TPSA) is 108 Å². The number of rotatable bonds is 60. The van der Waals surface area contributed by atoms with Gasteiger partial charge in [0.05, 0.1) is 39.9 Å². The maximum Gasteiger partial charge on any atom is 0.268 e. The Balaban J connectivity index is 3.89. The molecule has 0 aromatic heterocycles. The highest BCUT2D eigenvalue weighted by Gasteiger charge is 2.23. The molecule has 0 aromatic rings. The highest BCUT2D eigenvalue weighted by Crippen LogP contribution is 2.38. The van der Waals surface area contributed by atoms with E-state index in [0.717, 1.165) is 44.9 Å². The van der Waals surface area contributed by atoms with E-state index in [9.17, 15) is 19.4 Å². The molecule has 0 fully saturated rings. The number of aliphatic hydroxyl groups is 1. The summed E-state index contributed by atoms with van der Waals surface area (Å²) in [5.74, 6) is -0.194. The van der Waals surface area contributed by atoms with Crippen molar-refractivity contribution in [1.82, 2.24) is 5.32 Å². The van der Waals surface area contributed by atoms with Crippen LogP contribution in [0.1, 0.15) is 322 Å². The second kappa shape index (κ2) is 56.4. The molecule has 0 radical (unpaired) electrons. The SMILES string of the molecule is CCCCCCCCCCCCC/C=C/C(O)C(COP(=O)([O-])OCC[N+](C)(C)C)NC(=O)CCCCCCCCCCCCCCCCCCC/C=C\C/C=C\CCCCCCCCCCCCCCCCC. The minimum atomic E-state index is -4.59. The highest BCUT2D eigenvalue weighted by molar-refractivity contribution is 7.45. The molecule has 8 nitrogen and oxygen atoms in total. The van der Waals surface area contributed by atoms with Crippen LogP contribution >= 0.6 is 7.82 Å². The fraction of sp³-hybridized carbons (Fsp3) is 0.892. The lowest BCUT2D eigenvalue weighted by Gasteiger charge is -2.29. The molecule has 0 aliphatic heterocycles. The molecule has 0 aromatic carbocycles. The molecule has 0 saturated carbocycles. The Kier molecular flexibility index (Phi) is 55.5. The number of allylic oxidation sites excluding steroid dienone is 5. The third kappa shape index (κ3) is 58.4. The number of carbonyl (C=O) groups excluding carboxylic acids is 1. The molecule has 74 heavy (non-hydrogen) atoms. The molecule has 0 aliphatic rings. The van der Waals surface area contributed by atoms with Gasteiger partial charge in [-0.25, -0.2) is 0 Å². The van der Waals surface area contributed by atoms with Gasteiger partial charge in [0.2, 0.25) is 5.91 Å². The van der Waals surface area contributed by atoms with E-state index in [0.29, 0.717) is 17.4 Å². The predicted octanol–water partition coefficient (Wildman–Crippen LogP) is 19.5. The van der Waals surface area contributed by atoms with E-state index in [-0.39, 0.29) is 19.1 Å². The molecule has 438 valence electrons. The lowest BCUT2D eigenvalue weighted by molar-refractivity contribution is -0.870. The quantitative estimate of drug-likeness (QED) is 0.0272. The number of hydrogen-bond donors (Lipinski definition) is 2. The zero-order valence-corrected chi connectivity index (χ0v) is 51.0. The summed E-state index contributed by atoms with van der Waals surface area (Å²) in [5.41, 5.74) is 0. The molecule has 3 atom stereocenters. The lowest BCUT2D eigenvalue weighted by atomic mass is 10.0. The van der Waals surface area contributed by atoms with Gasteiger partial charge in [0.25, 0.3) is 7.82 Å². The van der Waals surface area contributed by atoms with Crippen molar-refractivity contribution < 1.29 is 32.9 Å². The second-order valence-electron chi connectivity index (χ2n) is 23.5. The van der Waals surface area contributed by atoms with E-state index in [1.165, 1.54) is 257 Å². The number of unbranched alkanes of at least 4 members (excludes halogenated alkanes) is 43. The van der Waals surface area contributed by atoms with Gasteiger partial charge in [-0.1, -0.05) is 301 Å². The van der Waals surface area contributed by atoms with Crippen molar-refractivity contribution in [1.29, 1.82) is 0 Å². The van der Waals surface area contributed by atoms with Crippen LogP contribution in [0.25, 0.3) is 0 Å². The molecule has 0 spiro atoms. The van der Waals surface area contributed by atoms with Crippen LogP contribution in [0.2, 0.25) is 0 Å². The lowest BCUT2D eigenvalue weighted by Crippen LogP contribution is -2.45. The number of aliphatic hydroxyl groups excluding tert-OH is 1. The van der Waals surface area contributed by atoms with Gasteiger partial charge < -0.3 is 28.8 Å². The molecule has 0 heterocycles. The predicted molar refractivity (Wildman–Crippen MR) is 321 cm³/mol. The van der Waals surface area contributed by atoms with Crippen molar-refractivity contribution in [3.05, 3.63) is 36.5 Å². The van der Waals surface area contributed by atoms with E-state index in [1.54, 1.807) is 6.08 Å². The van der Waals surface area contributed by atoms with Gasteiger partial charge in [-0.15, -0.1) is 0 Å². The van der Waals surface area contributed by atoms with Crippen LogP contribution in [0.4, 0.5) is 0 Å². The molecular weight excluding hydrogens is 936 g/mol. The van der Waals surface area contributed by atoms with Gasteiger partial charge in [-0.3, -0.25) is 9.36 Å². The van der Waals surface area contributed by atoms with Crippen LogP contribution in [-0.4, -0.2) is 68.5 Å². The average molecular weight is 1060 g/mol. The van der Waals surface area contributed by atoms with Crippen LogP contribution in [0.3, 0.4) is 0 Å². The molecule has 0 saturated heterocycles. The number of carbonyl (C=O) groups is 1. The Morgan fingerprint density at radius 1 is 0.473 bits per heavy atom. The Morgan fingerprint density at radius 2 is 0.784 bits per heavy atom. The normalized spacial score (nSPS) is 14.0. The fourth-order valence-corrected chi connectivity index (χ4v) is 10.5. The van der Waals surface area contributed by atoms with Crippen molar-refractivity contribution in [2.75, 3.05) is 40.9 Å². The summed E-state index contributed by atoms with van der Waals surface area (Å²) in [6.45, 7) is 4.68. The van der Waals surface area contributed by atoms with E-state index in [2.05, 4.69) is 43.5 Å².